The molecule has 0 amide bonds. The van der Waals surface area contributed by atoms with Crippen LogP contribution in [0.25, 0.3) is 0 Å². The number of hydrogen-bond donors (Lipinski definition) is 1. The van der Waals surface area contributed by atoms with E-state index in [4.69, 9.17) is 10.5 Å². The average Bonchev–Trinajstić information content (AvgIpc) is 1.98. The van der Waals surface area contributed by atoms with Gasteiger partial charge in [-0.1, -0.05) is 13.8 Å². The van der Waals surface area contributed by atoms with E-state index in [0.717, 1.165) is 6.42 Å². The molecular formula is C11H23NO2. The van der Waals surface area contributed by atoms with Crippen LogP contribution in [0.4, 0.5) is 0 Å². The molecule has 0 atom stereocenters. The third kappa shape index (κ3) is 6.89. The molecule has 0 saturated carbocycles. The number of ether oxygens (including phenoxy) is 1. The first kappa shape index (κ1) is 13.4. The van der Waals surface area contributed by atoms with E-state index in [1.165, 1.54) is 0 Å². The van der Waals surface area contributed by atoms with Crippen LogP contribution in [0.2, 0.25) is 0 Å². The second-order valence-corrected chi connectivity index (χ2v) is 5.45. The maximum atomic E-state index is 11.4. The first-order valence-electron chi connectivity index (χ1n) is 5.08. The fraction of sp³-hybridized carbons (Fsp3) is 0.909. The Morgan fingerprint density at radius 3 is 2.07 bits per heavy atom. The molecular weight excluding hydrogens is 178 g/mol. The highest BCUT2D eigenvalue weighted by Gasteiger charge is 2.20. The molecule has 0 rings (SSSR count). The van der Waals surface area contributed by atoms with Crippen molar-refractivity contribution in [2.45, 2.75) is 53.1 Å². The molecule has 0 bridgehead atoms. The molecule has 0 aliphatic carbocycles. The highest BCUT2D eigenvalue weighted by molar-refractivity contribution is 5.69. The molecule has 14 heavy (non-hydrogen) atoms. The molecule has 3 heteroatoms. The van der Waals surface area contributed by atoms with Gasteiger partial charge >= 0.3 is 5.97 Å². The van der Waals surface area contributed by atoms with Crippen molar-refractivity contribution in [3.8, 4) is 0 Å². The van der Waals surface area contributed by atoms with E-state index in [1.54, 1.807) is 0 Å². The van der Waals surface area contributed by atoms with Gasteiger partial charge in [-0.05, 0) is 39.2 Å². The van der Waals surface area contributed by atoms with Gasteiger partial charge in [0.1, 0.15) is 5.60 Å². The number of hydrogen-bond acceptors (Lipinski definition) is 3. The Labute approximate surface area is 87.0 Å². The fourth-order valence-electron chi connectivity index (χ4n) is 0.935. The molecule has 0 radical (unpaired) electrons. The number of nitrogens with two attached hydrogens (primary N) is 1. The largest absolute Gasteiger partial charge is 0.460 e. The van der Waals surface area contributed by atoms with Crippen molar-refractivity contribution in [3.63, 3.8) is 0 Å². The van der Waals surface area contributed by atoms with Gasteiger partial charge < -0.3 is 10.5 Å². The van der Waals surface area contributed by atoms with Crippen molar-refractivity contribution in [1.29, 1.82) is 0 Å². The van der Waals surface area contributed by atoms with Gasteiger partial charge in [-0.3, -0.25) is 4.79 Å². The molecule has 0 heterocycles. The van der Waals surface area contributed by atoms with Crippen LogP contribution in [0.15, 0.2) is 0 Å². The van der Waals surface area contributed by atoms with Crippen LogP contribution in [0.5, 0.6) is 0 Å². The predicted octanol–water partition coefficient (Wildman–Crippen LogP) is 2.09. The topological polar surface area (TPSA) is 52.3 Å². The van der Waals surface area contributed by atoms with E-state index in [-0.39, 0.29) is 17.0 Å². The molecule has 0 aliphatic rings. The summed E-state index contributed by atoms with van der Waals surface area (Å²) in [6, 6.07) is 0. The van der Waals surface area contributed by atoms with Crippen molar-refractivity contribution >= 4 is 5.97 Å². The smallest absolute Gasteiger partial charge is 0.306 e. The zero-order valence-electron chi connectivity index (χ0n) is 10.0. The van der Waals surface area contributed by atoms with Gasteiger partial charge in [-0.25, -0.2) is 0 Å². The van der Waals surface area contributed by atoms with E-state index in [1.807, 2.05) is 20.8 Å². The predicted molar refractivity (Wildman–Crippen MR) is 57.9 cm³/mol. The Bertz CT molecular complexity index is 192. The zero-order chi connectivity index (χ0) is 11.4. The van der Waals surface area contributed by atoms with E-state index in [9.17, 15) is 4.79 Å². The SMILES string of the molecule is CC(C)(CN)CCC(=O)OC(C)(C)C. The third-order valence-electron chi connectivity index (χ3n) is 1.98. The van der Waals surface area contributed by atoms with Gasteiger partial charge in [0.05, 0.1) is 0 Å². The van der Waals surface area contributed by atoms with Crippen molar-refractivity contribution in [2.75, 3.05) is 6.54 Å². The van der Waals surface area contributed by atoms with Crippen LogP contribution >= 0.6 is 0 Å². The molecule has 0 spiro atoms. The lowest BCUT2D eigenvalue weighted by Gasteiger charge is -2.24. The monoisotopic (exact) mass is 201 g/mol. The third-order valence-corrected chi connectivity index (χ3v) is 1.98. The highest BCUT2D eigenvalue weighted by Crippen LogP contribution is 2.21. The average molecular weight is 201 g/mol. The maximum Gasteiger partial charge on any atom is 0.306 e. The summed E-state index contributed by atoms with van der Waals surface area (Å²) in [4.78, 5) is 11.4. The summed E-state index contributed by atoms with van der Waals surface area (Å²) in [7, 11) is 0. The van der Waals surface area contributed by atoms with E-state index >= 15 is 0 Å². The molecule has 0 saturated heterocycles. The summed E-state index contributed by atoms with van der Waals surface area (Å²) in [6.07, 6.45) is 1.22. The summed E-state index contributed by atoms with van der Waals surface area (Å²) < 4.78 is 5.20. The molecule has 84 valence electrons. The zero-order valence-corrected chi connectivity index (χ0v) is 10.0. The van der Waals surface area contributed by atoms with Gasteiger partial charge in [-0.15, -0.1) is 0 Å². The minimum Gasteiger partial charge on any atom is -0.460 e. The Morgan fingerprint density at radius 2 is 1.71 bits per heavy atom. The number of carbonyl (C=O) groups excluding carboxylic acids is 1. The summed E-state index contributed by atoms with van der Waals surface area (Å²) in [5.74, 6) is -0.140. The van der Waals surface area contributed by atoms with Crippen LogP contribution < -0.4 is 5.73 Å². The molecule has 0 aliphatic heterocycles. The summed E-state index contributed by atoms with van der Waals surface area (Å²) in [5.41, 5.74) is 5.21. The molecule has 0 aromatic heterocycles. The van der Waals surface area contributed by atoms with Gasteiger partial charge in [0, 0.05) is 6.42 Å². The minimum absolute atomic E-state index is 0.0247. The Morgan fingerprint density at radius 1 is 1.21 bits per heavy atom. The van der Waals surface area contributed by atoms with E-state index in [2.05, 4.69) is 13.8 Å². The summed E-state index contributed by atoms with van der Waals surface area (Å²) >= 11 is 0. The molecule has 3 nitrogen and oxygen atoms in total. The Balaban J connectivity index is 3.87. The molecule has 0 unspecified atom stereocenters. The Kier molecular flexibility index (Phi) is 4.59. The van der Waals surface area contributed by atoms with Gasteiger partial charge in [0.15, 0.2) is 0 Å². The first-order chi connectivity index (χ1) is 6.16. The lowest BCUT2D eigenvalue weighted by molar-refractivity contribution is -0.155. The molecule has 0 aromatic rings. The second kappa shape index (κ2) is 4.78. The quantitative estimate of drug-likeness (QED) is 0.709. The first-order valence-corrected chi connectivity index (χ1v) is 5.08. The van der Waals surface area contributed by atoms with Crippen molar-refractivity contribution < 1.29 is 9.53 Å². The van der Waals surface area contributed by atoms with Crippen LogP contribution in [-0.4, -0.2) is 18.1 Å². The van der Waals surface area contributed by atoms with Crippen molar-refractivity contribution in [1.82, 2.24) is 0 Å². The van der Waals surface area contributed by atoms with Crippen LogP contribution in [0, 0.1) is 5.41 Å². The summed E-state index contributed by atoms with van der Waals surface area (Å²) in [5, 5.41) is 0. The second-order valence-electron chi connectivity index (χ2n) is 5.45. The van der Waals surface area contributed by atoms with E-state index in [0.29, 0.717) is 13.0 Å². The number of carbonyl (C=O) groups is 1. The van der Waals surface area contributed by atoms with E-state index < -0.39 is 0 Å². The summed E-state index contributed by atoms with van der Waals surface area (Å²) in [6.45, 7) is 10.3. The van der Waals surface area contributed by atoms with Crippen LogP contribution in [0.3, 0.4) is 0 Å². The molecule has 2 N–H and O–H groups in total. The highest BCUT2D eigenvalue weighted by atomic mass is 16.6. The standard InChI is InChI=1S/C11H23NO2/c1-10(2,3)14-9(13)6-7-11(4,5)8-12/h6-8,12H2,1-5H3. The molecule has 0 aromatic carbocycles. The lowest BCUT2D eigenvalue weighted by Crippen LogP contribution is -2.27. The van der Waals surface area contributed by atoms with Crippen LogP contribution in [-0.2, 0) is 9.53 Å². The lowest BCUT2D eigenvalue weighted by atomic mass is 9.88. The van der Waals surface area contributed by atoms with Crippen molar-refractivity contribution in [3.05, 3.63) is 0 Å². The number of esters is 1. The minimum atomic E-state index is -0.385. The molecule has 0 fully saturated rings. The van der Waals surface area contributed by atoms with Gasteiger partial charge in [0.25, 0.3) is 0 Å². The fourth-order valence-corrected chi connectivity index (χ4v) is 0.935. The number of rotatable bonds is 4. The van der Waals surface area contributed by atoms with Gasteiger partial charge in [0.2, 0.25) is 0 Å². The van der Waals surface area contributed by atoms with Crippen LogP contribution in [0.1, 0.15) is 47.5 Å². The van der Waals surface area contributed by atoms with Crippen molar-refractivity contribution in [2.24, 2.45) is 11.1 Å². The normalized spacial score (nSPS) is 12.7. The van der Waals surface area contributed by atoms with Gasteiger partial charge in [-0.2, -0.15) is 0 Å². The maximum absolute atomic E-state index is 11.4. The Hall–Kier alpha value is -0.570.